The van der Waals surface area contributed by atoms with Crippen molar-refractivity contribution in [3.8, 4) is 17.0 Å². The standard InChI is InChI=1S/C27H33Cl2N3O4/c1-26(2)11-17(12-27(3,4)32-26)30-25(35)15-5-6-19(24(9-15)36-14-18(34)13-33)23-8-16-7-20(28)21(29)10-22(16)31-23/h5-10,17-18,31-34H,11-14H2,1-4H3,(H,30,35). The number of hydrogen-bond donors (Lipinski definition) is 5. The zero-order valence-electron chi connectivity index (χ0n) is 20.9. The molecule has 0 radical (unpaired) electrons. The van der Waals surface area contributed by atoms with Gasteiger partial charge in [0, 0.05) is 39.1 Å². The molecule has 1 unspecified atom stereocenters. The average Bonchev–Trinajstić information content (AvgIpc) is 3.17. The Hall–Kier alpha value is -2.29. The van der Waals surface area contributed by atoms with Gasteiger partial charge in [-0.3, -0.25) is 4.79 Å². The van der Waals surface area contributed by atoms with Gasteiger partial charge in [0.05, 0.1) is 22.3 Å². The van der Waals surface area contributed by atoms with Crippen molar-refractivity contribution in [1.82, 2.24) is 15.6 Å². The highest BCUT2D eigenvalue weighted by Gasteiger charge is 2.38. The number of hydrogen-bond acceptors (Lipinski definition) is 5. The van der Waals surface area contributed by atoms with Gasteiger partial charge in [0.1, 0.15) is 18.5 Å². The molecule has 1 aliphatic heterocycles. The molecule has 0 spiro atoms. The minimum Gasteiger partial charge on any atom is -0.490 e. The maximum absolute atomic E-state index is 13.2. The van der Waals surface area contributed by atoms with Gasteiger partial charge >= 0.3 is 0 Å². The van der Waals surface area contributed by atoms with E-state index >= 15 is 0 Å². The molecule has 1 aliphatic rings. The molecular weight excluding hydrogens is 501 g/mol. The summed E-state index contributed by atoms with van der Waals surface area (Å²) in [4.78, 5) is 16.5. The van der Waals surface area contributed by atoms with Gasteiger partial charge in [0.15, 0.2) is 0 Å². The molecule has 0 bridgehead atoms. The molecule has 0 saturated carbocycles. The maximum Gasteiger partial charge on any atom is 0.251 e. The number of aliphatic hydroxyl groups excluding tert-OH is 2. The monoisotopic (exact) mass is 533 g/mol. The van der Waals surface area contributed by atoms with Crippen LogP contribution in [-0.2, 0) is 0 Å². The third kappa shape index (κ3) is 6.15. The Morgan fingerprint density at radius 3 is 2.44 bits per heavy atom. The summed E-state index contributed by atoms with van der Waals surface area (Å²) >= 11 is 12.3. The molecular formula is C27H33Cl2N3O4. The van der Waals surface area contributed by atoms with Crippen molar-refractivity contribution in [2.24, 2.45) is 0 Å². The van der Waals surface area contributed by atoms with Crippen LogP contribution in [0.15, 0.2) is 36.4 Å². The van der Waals surface area contributed by atoms with Gasteiger partial charge in [0.25, 0.3) is 5.91 Å². The van der Waals surface area contributed by atoms with Crippen LogP contribution in [0.1, 0.15) is 50.9 Å². The number of rotatable bonds is 7. The third-order valence-electron chi connectivity index (χ3n) is 6.36. The van der Waals surface area contributed by atoms with Gasteiger partial charge in [-0.25, -0.2) is 0 Å². The van der Waals surface area contributed by atoms with E-state index in [1.54, 1.807) is 30.3 Å². The molecule has 0 aliphatic carbocycles. The van der Waals surface area contributed by atoms with Gasteiger partial charge in [-0.2, -0.15) is 0 Å². The predicted molar refractivity (Wildman–Crippen MR) is 144 cm³/mol. The zero-order valence-corrected chi connectivity index (χ0v) is 22.4. The summed E-state index contributed by atoms with van der Waals surface area (Å²) in [5.41, 5.74) is 2.50. The normalized spacial score (nSPS) is 18.2. The zero-order chi connectivity index (χ0) is 26.3. The summed E-state index contributed by atoms with van der Waals surface area (Å²) < 4.78 is 5.86. The highest BCUT2D eigenvalue weighted by Crippen LogP contribution is 2.36. The van der Waals surface area contributed by atoms with Crippen molar-refractivity contribution in [2.75, 3.05) is 13.2 Å². The van der Waals surface area contributed by atoms with Gasteiger partial charge in [-0.05, 0) is 76.9 Å². The summed E-state index contributed by atoms with van der Waals surface area (Å²) in [6.07, 6.45) is 0.578. The average molecular weight is 534 g/mol. The lowest BCUT2D eigenvalue weighted by Crippen LogP contribution is -2.62. The lowest BCUT2D eigenvalue weighted by Gasteiger charge is -2.46. The van der Waals surface area contributed by atoms with Crippen LogP contribution in [0.5, 0.6) is 5.75 Å². The Labute approximate surface area is 221 Å². The van der Waals surface area contributed by atoms with Crippen molar-refractivity contribution in [3.63, 3.8) is 0 Å². The lowest BCUT2D eigenvalue weighted by molar-refractivity contribution is 0.0537. The van der Waals surface area contributed by atoms with Crippen molar-refractivity contribution in [1.29, 1.82) is 0 Å². The van der Waals surface area contributed by atoms with Crippen LogP contribution in [0.2, 0.25) is 10.0 Å². The summed E-state index contributed by atoms with van der Waals surface area (Å²) in [5, 5.41) is 27.7. The van der Waals surface area contributed by atoms with Crippen LogP contribution in [0, 0.1) is 0 Å². The topological polar surface area (TPSA) is 107 Å². The minimum atomic E-state index is -1.05. The predicted octanol–water partition coefficient (Wildman–Crippen LogP) is 4.91. The van der Waals surface area contributed by atoms with E-state index in [4.69, 9.17) is 27.9 Å². The number of benzene rings is 2. The van der Waals surface area contributed by atoms with Crippen LogP contribution in [-0.4, -0.2) is 57.5 Å². The molecule has 2 heterocycles. The van der Waals surface area contributed by atoms with E-state index in [9.17, 15) is 15.0 Å². The van der Waals surface area contributed by atoms with Crippen LogP contribution in [0.4, 0.5) is 0 Å². The molecule has 36 heavy (non-hydrogen) atoms. The number of aromatic nitrogens is 1. The highest BCUT2D eigenvalue weighted by atomic mass is 35.5. The van der Waals surface area contributed by atoms with Crippen LogP contribution < -0.4 is 15.4 Å². The first-order chi connectivity index (χ1) is 16.9. The smallest absolute Gasteiger partial charge is 0.251 e. The van der Waals surface area contributed by atoms with Crippen LogP contribution in [0.25, 0.3) is 22.2 Å². The van der Waals surface area contributed by atoms with Crippen molar-refractivity contribution in [2.45, 2.75) is 63.8 Å². The van der Waals surface area contributed by atoms with Crippen LogP contribution in [0.3, 0.4) is 0 Å². The van der Waals surface area contributed by atoms with Crippen molar-refractivity contribution >= 4 is 40.0 Å². The SMILES string of the molecule is CC1(C)CC(NC(=O)c2ccc(-c3cc4cc(Cl)c(Cl)cc4[nH]3)c(OCC(O)CO)c2)CC(C)(C)N1. The van der Waals surface area contributed by atoms with Gasteiger partial charge in [0.2, 0.25) is 0 Å². The number of fused-ring (bicyclic) bond motifs is 1. The quantitative estimate of drug-likeness (QED) is 0.296. The molecule has 1 saturated heterocycles. The number of amides is 1. The number of aromatic amines is 1. The van der Waals surface area contributed by atoms with Crippen molar-refractivity contribution < 1.29 is 19.7 Å². The fourth-order valence-electron chi connectivity index (χ4n) is 5.21. The number of ether oxygens (including phenoxy) is 1. The first-order valence-electron chi connectivity index (χ1n) is 12.0. The van der Waals surface area contributed by atoms with E-state index < -0.39 is 12.7 Å². The summed E-state index contributed by atoms with van der Waals surface area (Å²) in [6.45, 7) is 8.01. The second kappa shape index (κ2) is 10.2. The van der Waals surface area contributed by atoms with Crippen LogP contribution >= 0.6 is 23.2 Å². The third-order valence-corrected chi connectivity index (χ3v) is 7.09. The molecule has 194 valence electrons. The molecule has 3 aromatic rings. The summed E-state index contributed by atoms with van der Waals surface area (Å²) in [6, 6.07) is 10.7. The lowest BCUT2D eigenvalue weighted by atomic mass is 9.79. The number of halogens is 2. The Morgan fingerprint density at radius 1 is 1.11 bits per heavy atom. The van der Waals surface area contributed by atoms with Crippen molar-refractivity contribution in [3.05, 3.63) is 52.0 Å². The number of carbonyl (C=O) groups excluding carboxylic acids is 1. The van der Waals surface area contributed by atoms with Gasteiger partial charge in [-0.15, -0.1) is 0 Å². The van der Waals surface area contributed by atoms with E-state index in [1.165, 1.54) is 0 Å². The fourth-order valence-corrected chi connectivity index (χ4v) is 5.54. The number of piperidine rings is 1. The number of nitrogens with one attached hydrogen (secondary N) is 3. The maximum atomic E-state index is 13.2. The molecule has 1 amide bonds. The number of aliphatic hydroxyl groups is 2. The molecule has 9 heteroatoms. The number of H-pyrrole nitrogens is 1. The Kier molecular flexibility index (Phi) is 7.60. The van der Waals surface area contributed by atoms with E-state index in [0.717, 1.165) is 29.4 Å². The highest BCUT2D eigenvalue weighted by molar-refractivity contribution is 6.42. The van der Waals surface area contributed by atoms with E-state index in [2.05, 4.69) is 43.3 Å². The van der Waals surface area contributed by atoms with E-state index in [0.29, 0.717) is 26.9 Å². The summed E-state index contributed by atoms with van der Waals surface area (Å²) in [7, 11) is 0. The molecule has 1 atom stereocenters. The minimum absolute atomic E-state index is 0.0206. The molecule has 2 aromatic carbocycles. The Morgan fingerprint density at radius 2 is 1.78 bits per heavy atom. The molecule has 1 aromatic heterocycles. The van der Waals surface area contributed by atoms with Gasteiger partial charge < -0.3 is 30.6 Å². The summed E-state index contributed by atoms with van der Waals surface area (Å²) in [5.74, 6) is 0.215. The second-order valence-electron chi connectivity index (χ2n) is 10.9. The van der Waals surface area contributed by atoms with E-state index in [1.807, 2.05) is 6.07 Å². The molecule has 4 rings (SSSR count). The van der Waals surface area contributed by atoms with Gasteiger partial charge in [-0.1, -0.05) is 23.2 Å². The first kappa shape index (κ1) is 26.8. The van der Waals surface area contributed by atoms with E-state index in [-0.39, 0.29) is 29.6 Å². The fraction of sp³-hybridized carbons (Fsp3) is 0.444. The second-order valence-corrected chi connectivity index (χ2v) is 11.7. The Balaban J connectivity index is 1.64. The molecule has 7 nitrogen and oxygen atoms in total. The largest absolute Gasteiger partial charge is 0.490 e. The first-order valence-corrected chi connectivity index (χ1v) is 12.8. The molecule has 1 fully saturated rings. The molecule has 5 N–H and O–H groups in total. The Bertz CT molecular complexity index is 1220. The number of carbonyl (C=O) groups is 1.